The first-order valence-corrected chi connectivity index (χ1v) is 14.1. The van der Waals surface area contributed by atoms with E-state index in [1.165, 1.54) is 23.1 Å². The zero-order valence-electron chi connectivity index (χ0n) is 21.8. The lowest BCUT2D eigenvalue weighted by molar-refractivity contribution is 0.478. The van der Waals surface area contributed by atoms with E-state index >= 15 is 0 Å². The molecule has 0 radical (unpaired) electrons. The van der Waals surface area contributed by atoms with Crippen molar-refractivity contribution in [2.24, 2.45) is 13.0 Å². The maximum Gasteiger partial charge on any atom is 0.229 e. The van der Waals surface area contributed by atoms with Gasteiger partial charge in [-0.15, -0.1) is 0 Å². The molecule has 198 valence electrons. The summed E-state index contributed by atoms with van der Waals surface area (Å²) in [7, 11) is 1.89. The molecule has 4 aromatic rings. The Bertz CT molecular complexity index is 1400. The number of benzene rings is 2. The topological polar surface area (TPSA) is 70.0 Å². The van der Waals surface area contributed by atoms with Crippen molar-refractivity contribution in [3.05, 3.63) is 90.1 Å². The molecule has 2 unspecified atom stereocenters. The molecule has 1 fully saturated rings. The average molecular weight is 532 g/mol. The normalized spacial score (nSPS) is 16.4. The van der Waals surface area contributed by atoms with Crippen LogP contribution in [0.2, 0.25) is 0 Å². The number of hydrogen-bond donors (Lipinski definition) is 3. The van der Waals surface area contributed by atoms with Crippen LogP contribution in [0.1, 0.15) is 17.7 Å². The third-order valence-corrected chi connectivity index (χ3v) is 8.59. The smallest absolute Gasteiger partial charge is 0.229 e. The fourth-order valence-electron chi connectivity index (χ4n) is 4.58. The first-order chi connectivity index (χ1) is 18.4. The van der Waals surface area contributed by atoms with E-state index < -0.39 is 0 Å². The minimum Gasteiger partial charge on any atom is -0.353 e. The van der Waals surface area contributed by atoms with Gasteiger partial charge in [-0.05, 0) is 92.0 Å². The standard InChI is InChI=1S/C29H34FN7S/c1-21-17-24(8-11-27(21)30)33-28-12-14-32-29(35-28)34-23-6-9-26(10-7-23)38(3)37-16-13-22(20-37)18-31-19-25-5-4-15-36(25)2/h4-12,14-15,17,22,31H,3,13,16,18-20H2,1-2H3,(H2,32,33,34,35). The van der Waals surface area contributed by atoms with Crippen molar-refractivity contribution in [3.8, 4) is 0 Å². The van der Waals surface area contributed by atoms with E-state index in [9.17, 15) is 4.39 Å². The van der Waals surface area contributed by atoms with Crippen molar-refractivity contribution in [1.82, 2.24) is 24.2 Å². The number of nitrogens with zero attached hydrogens (tertiary/aromatic N) is 4. The van der Waals surface area contributed by atoms with Crippen LogP contribution in [0.25, 0.3) is 0 Å². The second-order valence-electron chi connectivity index (χ2n) is 9.65. The Kier molecular flexibility index (Phi) is 8.17. The second-order valence-corrected chi connectivity index (χ2v) is 11.4. The highest BCUT2D eigenvalue weighted by Crippen LogP contribution is 2.34. The summed E-state index contributed by atoms with van der Waals surface area (Å²) in [6, 6.07) is 19.3. The predicted molar refractivity (Wildman–Crippen MR) is 156 cm³/mol. The van der Waals surface area contributed by atoms with Crippen molar-refractivity contribution in [2.75, 3.05) is 30.3 Å². The number of anilines is 4. The molecule has 2 aromatic heterocycles. The monoisotopic (exact) mass is 531 g/mol. The number of hydrogen-bond acceptors (Lipinski definition) is 6. The maximum absolute atomic E-state index is 13.6. The molecule has 38 heavy (non-hydrogen) atoms. The number of aryl methyl sites for hydroxylation is 2. The largest absolute Gasteiger partial charge is 0.353 e. The Balaban J connectivity index is 1.13. The molecule has 1 saturated heterocycles. The third kappa shape index (κ3) is 6.48. The van der Waals surface area contributed by atoms with Crippen molar-refractivity contribution in [1.29, 1.82) is 0 Å². The Morgan fingerprint density at radius 3 is 2.66 bits per heavy atom. The van der Waals surface area contributed by atoms with Gasteiger partial charge in [-0.1, -0.05) is 16.5 Å². The molecule has 7 nitrogen and oxygen atoms in total. The maximum atomic E-state index is 13.6. The van der Waals surface area contributed by atoms with Crippen molar-refractivity contribution in [3.63, 3.8) is 0 Å². The highest BCUT2D eigenvalue weighted by molar-refractivity contribution is 8.12. The molecule has 0 spiro atoms. The number of nitrogens with one attached hydrogen (secondary N) is 3. The van der Waals surface area contributed by atoms with Gasteiger partial charge in [0, 0.05) is 61.0 Å². The third-order valence-electron chi connectivity index (χ3n) is 6.82. The van der Waals surface area contributed by atoms with Gasteiger partial charge in [0.25, 0.3) is 0 Å². The highest BCUT2D eigenvalue weighted by atomic mass is 32.2. The van der Waals surface area contributed by atoms with Crippen LogP contribution in [0.5, 0.6) is 0 Å². The molecule has 0 bridgehead atoms. The van der Waals surface area contributed by atoms with E-state index in [0.717, 1.165) is 37.6 Å². The Morgan fingerprint density at radius 1 is 1.08 bits per heavy atom. The van der Waals surface area contributed by atoms with Crippen molar-refractivity contribution in [2.45, 2.75) is 24.8 Å². The Hall–Kier alpha value is -3.53. The van der Waals surface area contributed by atoms with Crippen molar-refractivity contribution >= 4 is 39.7 Å². The fraction of sp³-hybridized carbons (Fsp3) is 0.276. The molecule has 3 N–H and O–H groups in total. The van der Waals surface area contributed by atoms with Crippen LogP contribution in [0.15, 0.2) is 78.0 Å². The van der Waals surface area contributed by atoms with Crippen LogP contribution < -0.4 is 16.0 Å². The summed E-state index contributed by atoms with van der Waals surface area (Å²) in [5.74, 6) is 6.02. The Morgan fingerprint density at radius 2 is 1.89 bits per heavy atom. The lowest BCUT2D eigenvalue weighted by Crippen LogP contribution is -2.25. The molecule has 1 aliphatic heterocycles. The molecular weight excluding hydrogens is 497 g/mol. The van der Waals surface area contributed by atoms with E-state index in [4.69, 9.17) is 0 Å². The van der Waals surface area contributed by atoms with Gasteiger partial charge >= 0.3 is 0 Å². The van der Waals surface area contributed by atoms with Gasteiger partial charge in [-0.3, -0.25) is 4.31 Å². The summed E-state index contributed by atoms with van der Waals surface area (Å²) in [5.41, 5.74) is 3.57. The van der Waals surface area contributed by atoms with E-state index in [2.05, 4.69) is 78.2 Å². The fourth-order valence-corrected chi connectivity index (χ4v) is 6.05. The SMILES string of the molecule is C=S(c1ccc(Nc2nccc(Nc3ccc(F)c(C)c3)n2)cc1)N1CCC(CNCc2cccn2C)C1. The van der Waals surface area contributed by atoms with Gasteiger partial charge < -0.3 is 20.5 Å². The molecule has 0 amide bonds. The van der Waals surface area contributed by atoms with E-state index in [1.807, 2.05) is 12.1 Å². The summed E-state index contributed by atoms with van der Waals surface area (Å²) in [4.78, 5) is 10.1. The van der Waals surface area contributed by atoms with Crippen LogP contribution in [0.4, 0.5) is 27.5 Å². The van der Waals surface area contributed by atoms with E-state index in [0.29, 0.717) is 23.2 Å². The van der Waals surface area contributed by atoms with Crippen LogP contribution in [-0.2, 0) is 13.6 Å². The molecule has 2 aromatic carbocycles. The van der Waals surface area contributed by atoms with Gasteiger partial charge in [0.1, 0.15) is 11.6 Å². The molecule has 3 heterocycles. The predicted octanol–water partition coefficient (Wildman–Crippen LogP) is 5.84. The lowest BCUT2D eigenvalue weighted by Gasteiger charge is -2.21. The average Bonchev–Trinajstić information content (AvgIpc) is 3.56. The molecule has 1 aliphatic rings. The zero-order valence-corrected chi connectivity index (χ0v) is 22.6. The van der Waals surface area contributed by atoms with E-state index in [1.54, 1.807) is 31.3 Å². The summed E-state index contributed by atoms with van der Waals surface area (Å²) < 4.78 is 18.2. The summed E-state index contributed by atoms with van der Waals surface area (Å²) >= 11 is 0. The highest BCUT2D eigenvalue weighted by Gasteiger charge is 2.24. The quantitative estimate of drug-likeness (QED) is 0.224. The molecule has 0 saturated carbocycles. The molecule has 0 aliphatic carbocycles. The van der Waals surface area contributed by atoms with Crippen LogP contribution in [0.3, 0.4) is 0 Å². The van der Waals surface area contributed by atoms with Crippen LogP contribution in [-0.4, -0.2) is 44.3 Å². The van der Waals surface area contributed by atoms with Crippen molar-refractivity contribution < 1.29 is 4.39 Å². The van der Waals surface area contributed by atoms with Gasteiger partial charge in [-0.25, -0.2) is 9.37 Å². The zero-order chi connectivity index (χ0) is 26.5. The van der Waals surface area contributed by atoms with Gasteiger partial charge in [0.2, 0.25) is 5.95 Å². The van der Waals surface area contributed by atoms with Crippen LogP contribution in [0, 0.1) is 18.7 Å². The minimum atomic E-state index is -0.227. The number of rotatable bonds is 10. The summed E-state index contributed by atoms with van der Waals surface area (Å²) in [6.07, 6.45) is 4.97. The first-order valence-electron chi connectivity index (χ1n) is 12.8. The van der Waals surface area contributed by atoms with E-state index in [-0.39, 0.29) is 16.5 Å². The number of halogens is 1. The Labute approximate surface area is 226 Å². The molecule has 9 heteroatoms. The first kappa shape index (κ1) is 26.1. The lowest BCUT2D eigenvalue weighted by atomic mass is 10.1. The van der Waals surface area contributed by atoms with Crippen LogP contribution >= 0.6 is 10.7 Å². The molecule has 2 atom stereocenters. The van der Waals surface area contributed by atoms with Gasteiger partial charge in [0.15, 0.2) is 0 Å². The summed E-state index contributed by atoms with van der Waals surface area (Å²) in [6.45, 7) is 5.80. The minimum absolute atomic E-state index is 0.197. The molecular formula is C29H34FN7S. The van der Waals surface area contributed by atoms with Gasteiger partial charge in [-0.2, -0.15) is 4.98 Å². The summed E-state index contributed by atoms with van der Waals surface area (Å²) in [5, 5.41) is 10.1. The van der Waals surface area contributed by atoms with Gasteiger partial charge in [0.05, 0.1) is 0 Å². The number of aromatic nitrogens is 3. The molecule has 5 rings (SSSR count). The second kappa shape index (κ2) is 11.9.